The van der Waals surface area contributed by atoms with E-state index in [4.69, 9.17) is 19.1 Å². The van der Waals surface area contributed by atoms with Gasteiger partial charge in [0.05, 0.1) is 11.8 Å². The number of aromatic nitrogens is 2. The fourth-order valence-corrected chi connectivity index (χ4v) is 9.64. The maximum absolute atomic E-state index is 14.8. The van der Waals surface area contributed by atoms with Crippen LogP contribution in [-0.2, 0) is 34.6 Å². The van der Waals surface area contributed by atoms with Gasteiger partial charge in [-0.05, 0) is 61.6 Å². The number of amides is 4. The summed E-state index contributed by atoms with van der Waals surface area (Å²) in [6, 6.07) is 13.5. The molecule has 0 unspecified atom stereocenters. The van der Waals surface area contributed by atoms with Crippen LogP contribution in [0.2, 0.25) is 0 Å². The number of carbonyl (C=O) groups is 4. The first-order valence-corrected chi connectivity index (χ1v) is 23.0. The Morgan fingerprint density at radius 2 is 1.69 bits per heavy atom. The van der Waals surface area contributed by atoms with E-state index in [1.54, 1.807) is 20.8 Å². The molecule has 4 heterocycles. The van der Waals surface area contributed by atoms with Crippen molar-refractivity contribution in [1.29, 1.82) is 0 Å². The molecule has 2 aliphatic heterocycles. The van der Waals surface area contributed by atoms with Crippen LogP contribution in [0.3, 0.4) is 0 Å². The molecule has 4 aliphatic rings. The number of rotatable bonds is 7. The summed E-state index contributed by atoms with van der Waals surface area (Å²) < 4.78 is 41.2. The van der Waals surface area contributed by atoms with E-state index in [0.29, 0.717) is 54.6 Å². The largest absolute Gasteiger partial charge is 0.470 e. The average molecular weight is 853 g/mol. The molecule has 2 aliphatic carbocycles. The molecule has 0 bridgehead atoms. The third-order valence-corrected chi connectivity index (χ3v) is 14.1. The monoisotopic (exact) mass is 852 g/mol. The van der Waals surface area contributed by atoms with Gasteiger partial charge in [0.1, 0.15) is 34.8 Å². The number of nitrogens with zero attached hydrogens (tertiary/aromatic N) is 3. The van der Waals surface area contributed by atoms with Crippen LogP contribution in [0.15, 0.2) is 65.1 Å². The zero-order valence-electron chi connectivity index (χ0n) is 35.7. The quantitative estimate of drug-likeness (QED) is 0.180. The van der Waals surface area contributed by atoms with Gasteiger partial charge < -0.3 is 24.7 Å². The lowest BCUT2D eigenvalue weighted by atomic mass is 9.87. The number of benzene rings is 2. The van der Waals surface area contributed by atoms with Gasteiger partial charge >= 0.3 is 0 Å². The lowest BCUT2D eigenvalue weighted by molar-refractivity contribution is -0.143. The summed E-state index contributed by atoms with van der Waals surface area (Å²) in [6.45, 7) is 11.7. The van der Waals surface area contributed by atoms with Crippen molar-refractivity contribution in [3.05, 3.63) is 66.2 Å². The number of hydrogen-bond acceptors (Lipinski definition) is 10. The second-order valence-corrected chi connectivity index (χ2v) is 21.2. The minimum atomic E-state index is -3.91. The Balaban J connectivity index is 1.15. The van der Waals surface area contributed by atoms with Crippen LogP contribution >= 0.6 is 0 Å². The summed E-state index contributed by atoms with van der Waals surface area (Å²) in [7, 11) is -3.91. The standard InChI is InChI=1S/C46H56N6O8S/c1-44(2,3)28-20-18-27(19-21-28)38-48-36-32-15-12-13-17-35(32)60-37(36)40(49-38)59-30-24-34-39(53)50-46(43(56)51-61(57,58)31-22-23-31)25-29(46)14-10-8-7-9-11-16-33(41(54)52(34)26-30)47-42(55)45(4,5)6/h10,12-15,17-21,29-31,33-34H,7-9,11,16,22-26H2,1-6H3,(H,47,55)(H,50,53)(H,51,56)/t29-,30-,33+,34+,46-/m1/s1. The van der Waals surface area contributed by atoms with E-state index in [1.807, 2.05) is 60.7 Å². The predicted molar refractivity (Wildman–Crippen MR) is 231 cm³/mol. The lowest BCUT2D eigenvalue weighted by Gasteiger charge is -2.31. The first kappa shape index (κ1) is 42.4. The molecule has 4 amide bonds. The van der Waals surface area contributed by atoms with Crippen molar-refractivity contribution in [3.8, 4) is 17.3 Å². The predicted octanol–water partition coefficient (Wildman–Crippen LogP) is 6.22. The van der Waals surface area contributed by atoms with E-state index in [2.05, 4.69) is 36.1 Å². The van der Waals surface area contributed by atoms with Crippen molar-refractivity contribution in [2.45, 2.75) is 134 Å². The first-order valence-electron chi connectivity index (χ1n) is 21.5. The van der Waals surface area contributed by atoms with Gasteiger partial charge in [-0.2, -0.15) is 4.98 Å². The van der Waals surface area contributed by atoms with Gasteiger partial charge in [0.15, 0.2) is 5.82 Å². The van der Waals surface area contributed by atoms with Crippen LogP contribution < -0.4 is 20.1 Å². The number of allylic oxidation sites excluding steroid dienone is 1. The van der Waals surface area contributed by atoms with Crippen LogP contribution in [0, 0.1) is 11.3 Å². The normalized spacial score (nSPS) is 25.2. The van der Waals surface area contributed by atoms with E-state index < -0.39 is 68.1 Å². The van der Waals surface area contributed by atoms with Crippen molar-refractivity contribution in [3.63, 3.8) is 0 Å². The molecule has 15 heteroatoms. The third kappa shape index (κ3) is 8.76. The number of ether oxygens (including phenoxy) is 1. The molecule has 2 aromatic heterocycles. The topological polar surface area (TPSA) is 190 Å². The smallest absolute Gasteiger partial charge is 0.262 e. The van der Waals surface area contributed by atoms with Crippen LogP contribution in [0.25, 0.3) is 33.5 Å². The number of para-hydroxylation sites is 1. The SMILES string of the molecule is CC(C)(C)C(=O)N[C@H]1CCCCCC=C[C@@H]2C[C@@]2(C(=O)NS(=O)(=O)C2CC2)NC(=O)[C@@H]2C[C@@H](Oc3nc(-c4ccc(C(C)(C)C)cc4)nc4c3oc3ccccc34)CN2C1=O. The number of furan rings is 1. The van der Waals surface area contributed by atoms with Gasteiger partial charge in [-0.1, -0.05) is 103 Å². The highest BCUT2D eigenvalue weighted by atomic mass is 32.2. The summed E-state index contributed by atoms with van der Waals surface area (Å²) in [4.78, 5) is 67.9. The van der Waals surface area contributed by atoms with Crippen LogP contribution in [-0.4, -0.2) is 82.4 Å². The minimum Gasteiger partial charge on any atom is -0.470 e. The molecule has 0 radical (unpaired) electrons. The van der Waals surface area contributed by atoms with E-state index in [0.717, 1.165) is 29.4 Å². The Kier molecular flexibility index (Phi) is 11.0. The molecule has 3 fully saturated rings. The maximum Gasteiger partial charge on any atom is 0.262 e. The third-order valence-electron chi connectivity index (χ3n) is 12.3. The Hall–Kier alpha value is -5.31. The summed E-state index contributed by atoms with van der Waals surface area (Å²) in [6.07, 6.45) is 7.51. The molecule has 0 spiro atoms. The van der Waals surface area contributed by atoms with Crippen LogP contribution in [0.5, 0.6) is 5.88 Å². The number of hydrogen-bond donors (Lipinski definition) is 3. The molecule has 2 saturated carbocycles. The Labute approximate surface area is 356 Å². The highest BCUT2D eigenvalue weighted by Gasteiger charge is 2.62. The van der Waals surface area contributed by atoms with E-state index in [9.17, 15) is 27.6 Å². The second kappa shape index (κ2) is 15.9. The highest BCUT2D eigenvalue weighted by molar-refractivity contribution is 7.91. The maximum atomic E-state index is 14.8. The number of carbonyl (C=O) groups excluding carboxylic acids is 4. The Morgan fingerprint density at radius 1 is 0.951 bits per heavy atom. The molecule has 14 nitrogen and oxygen atoms in total. The van der Waals surface area contributed by atoms with Gasteiger partial charge in [-0.25, -0.2) is 13.4 Å². The zero-order chi connectivity index (χ0) is 43.5. The molecule has 3 N–H and O–H groups in total. The zero-order valence-corrected chi connectivity index (χ0v) is 36.6. The van der Waals surface area contributed by atoms with E-state index in [-0.39, 0.29) is 36.6 Å². The molecule has 61 heavy (non-hydrogen) atoms. The fraction of sp³-hybridized carbons (Fsp3) is 0.522. The number of sulfonamides is 1. The molecule has 8 rings (SSSR count). The summed E-state index contributed by atoms with van der Waals surface area (Å²) >= 11 is 0. The summed E-state index contributed by atoms with van der Waals surface area (Å²) in [5.74, 6) is -2.06. The Morgan fingerprint density at radius 3 is 2.39 bits per heavy atom. The summed E-state index contributed by atoms with van der Waals surface area (Å²) in [5, 5.41) is 6.02. The molecule has 1 saturated heterocycles. The van der Waals surface area contributed by atoms with Crippen LogP contribution in [0.1, 0.15) is 105 Å². The molecule has 2 aromatic carbocycles. The molecule has 5 atom stereocenters. The number of nitrogens with one attached hydrogen (secondary N) is 3. The Bertz CT molecular complexity index is 2520. The van der Waals surface area contributed by atoms with Crippen molar-refractivity contribution >= 4 is 55.7 Å². The molecule has 324 valence electrons. The minimum absolute atomic E-state index is 0.0113. The van der Waals surface area contributed by atoms with Gasteiger partial charge in [-0.15, -0.1) is 0 Å². The van der Waals surface area contributed by atoms with Crippen molar-refractivity contribution in [2.75, 3.05) is 6.54 Å². The van der Waals surface area contributed by atoms with Crippen molar-refractivity contribution in [2.24, 2.45) is 11.3 Å². The van der Waals surface area contributed by atoms with Crippen molar-refractivity contribution in [1.82, 2.24) is 30.2 Å². The molecular weight excluding hydrogens is 797 g/mol. The average Bonchev–Trinajstić information content (AvgIpc) is 4.10. The van der Waals surface area contributed by atoms with Crippen molar-refractivity contribution < 1.29 is 36.7 Å². The molecular formula is C46H56N6O8S. The number of fused-ring (bicyclic) bond motifs is 5. The lowest BCUT2D eigenvalue weighted by Crippen LogP contribution is -2.58. The fourth-order valence-electron chi connectivity index (χ4n) is 8.27. The molecule has 4 aromatic rings. The van der Waals surface area contributed by atoms with Crippen LogP contribution in [0.4, 0.5) is 0 Å². The second-order valence-electron chi connectivity index (χ2n) is 19.2. The van der Waals surface area contributed by atoms with Gasteiger partial charge in [-0.3, -0.25) is 23.9 Å². The highest BCUT2D eigenvalue weighted by Crippen LogP contribution is 2.46. The first-order chi connectivity index (χ1) is 28.8. The van der Waals surface area contributed by atoms with E-state index >= 15 is 0 Å². The van der Waals surface area contributed by atoms with Gasteiger partial charge in [0, 0.05) is 28.7 Å². The van der Waals surface area contributed by atoms with Gasteiger partial charge in [0.25, 0.3) is 11.8 Å². The summed E-state index contributed by atoms with van der Waals surface area (Å²) in [5.41, 5.74) is 0.983. The van der Waals surface area contributed by atoms with E-state index in [1.165, 1.54) is 4.90 Å². The van der Waals surface area contributed by atoms with Gasteiger partial charge in [0.2, 0.25) is 33.3 Å².